The average molecular weight is 207 g/mol. The van der Waals surface area contributed by atoms with Crippen molar-refractivity contribution in [2.45, 2.75) is 6.61 Å². The third-order valence-electron chi connectivity index (χ3n) is 1.78. The molecule has 2 rings (SSSR count). The Morgan fingerprint density at radius 1 is 1.33 bits per heavy atom. The summed E-state index contributed by atoms with van der Waals surface area (Å²) < 4.78 is 9.83. The molecule has 0 aliphatic carbocycles. The predicted octanol–water partition coefficient (Wildman–Crippen LogP) is 1.68. The van der Waals surface area contributed by atoms with Gasteiger partial charge in [0.25, 0.3) is 5.90 Å². The zero-order chi connectivity index (χ0) is 10.5. The van der Waals surface area contributed by atoms with Crippen LogP contribution in [0.2, 0.25) is 0 Å². The van der Waals surface area contributed by atoms with Gasteiger partial charge in [0.05, 0.1) is 0 Å². The molecule has 0 unspecified atom stereocenters. The van der Waals surface area contributed by atoms with Crippen LogP contribution in [0.4, 0.5) is 4.79 Å². The zero-order valence-corrected chi connectivity index (χ0v) is 7.88. The Kier molecular flexibility index (Phi) is 2.82. The molecule has 0 amide bonds. The van der Waals surface area contributed by atoms with Gasteiger partial charge in [-0.15, -0.1) is 0 Å². The molecule has 0 aromatic heterocycles. The smallest absolute Gasteiger partial charge is 0.471 e. The number of ether oxygens (including phenoxy) is 2. The van der Waals surface area contributed by atoms with E-state index in [0.717, 1.165) is 5.56 Å². The summed E-state index contributed by atoms with van der Waals surface area (Å²) >= 11 is 0. The first-order valence-electron chi connectivity index (χ1n) is 4.42. The quantitative estimate of drug-likeness (QED) is 0.547. The van der Waals surface area contributed by atoms with Crippen molar-refractivity contribution in [2.75, 3.05) is 6.61 Å². The maximum absolute atomic E-state index is 10.5. The van der Waals surface area contributed by atoms with Crippen molar-refractivity contribution < 1.29 is 19.1 Å². The molecule has 78 valence electrons. The molecular formula is C10H9NO4. The van der Waals surface area contributed by atoms with Crippen molar-refractivity contribution in [3.05, 3.63) is 35.9 Å². The van der Waals surface area contributed by atoms with Crippen LogP contribution in [0.5, 0.6) is 0 Å². The Morgan fingerprint density at radius 2 is 2.13 bits per heavy atom. The number of carbonyl (C=O) groups is 1. The Hall–Kier alpha value is -2.04. The number of hydrogen-bond acceptors (Lipinski definition) is 5. The molecule has 1 aromatic rings. The monoisotopic (exact) mass is 207 g/mol. The summed E-state index contributed by atoms with van der Waals surface area (Å²) in [6.45, 7) is 0.395. The lowest BCUT2D eigenvalue weighted by Crippen LogP contribution is -2.22. The SMILES string of the molecule is O=C1OCC(OCc2ccccc2)=NO1. The van der Waals surface area contributed by atoms with Gasteiger partial charge in [-0.2, -0.15) is 0 Å². The molecule has 15 heavy (non-hydrogen) atoms. The lowest BCUT2D eigenvalue weighted by atomic mass is 10.2. The Bertz CT molecular complexity index is 374. The minimum Gasteiger partial charge on any atom is -0.471 e. The van der Waals surface area contributed by atoms with E-state index in [9.17, 15) is 4.79 Å². The van der Waals surface area contributed by atoms with Crippen LogP contribution in [0.3, 0.4) is 0 Å². The van der Waals surface area contributed by atoms with Crippen LogP contribution in [0.1, 0.15) is 5.56 Å². The lowest BCUT2D eigenvalue weighted by Gasteiger charge is -2.12. The van der Waals surface area contributed by atoms with Crippen LogP contribution < -0.4 is 0 Å². The van der Waals surface area contributed by atoms with Crippen molar-refractivity contribution in [2.24, 2.45) is 5.16 Å². The van der Waals surface area contributed by atoms with E-state index in [1.165, 1.54) is 0 Å². The van der Waals surface area contributed by atoms with Crippen molar-refractivity contribution in [3.8, 4) is 0 Å². The van der Waals surface area contributed by atoms with Gasteiger partial charge in [0.2, 0.25) is 0 Å². The van der Waals surface area contributed by atoms with E-state index in [1.54, 1.807) is 0 Å². The Morgan fingerprint density at radius 3 is 2.80 bits per heavy atom. The molecule has 5 nitrogen and oxygen atoms in total. The van der Waals surface area contributed by atoms with Crippen molar-refractivity contribution in [1.82, 2.24) is 0 Å². The van der Waals surface area contributed by atoms with E-state index in [0.29, 0.717) is 6.61 Å². The molecule has 0 atom stereocenters. The molecule has 0 bridgehead atoms. The second-order valence-electron chi connectivity index (χ2n) is 2.89. The van der Waals surface area contributed by atoms with Crippen molar-refractivity contribution in [3.63, 3.8) is 0 Å². The van der Waals surface area contributed by atoms with E-state index in [4.69, 9.17) is 4.74 Å². The van der Waals surface area contributed by atoms with Gasteiger partial charge < -0.3 is 9.47 Å². The van der Waals surface area contributed by atoms with Gasteiger partial charge in [-0.25, -0.2) is 4.79 Å². The van der Waals surface area contributed by atoms with Gasteiger partial charge in [0.1, 0.15) is 6.61 Å². The van der Waals surface area contributed by atoms with Crippen molar-refractivity contribution >= 4 is 12.1 Å². The number of cyclic esters (lactones) is 1. The fourth-order valence-electron chi connectivity index (χ4n) is 1.07. The highest BCUT2D eigenvalue weighted by Crippen LogP contribution is 2.04. The largest absolute Gasteiger partial charge is 0.535 e. The third kappa shape index (κ3) is 2.70. The molecule has 0 saturated heterocycles. The fraction of sp³-hybridized carbons (Fsp3) is 0.200. The maximum Gasteiger partial charge on any atom is 0.535 e. The highest BCUT2D eigenvalue weighted by Gasteiger charge is 2.15. The molecular weight excluding hydrogens is 198 g/mol. The van der Waals surface area contributed by atoms with Crippen LogP contribution in [0.25, 0.3) is 0 Å². The second kappa shape index (κ2) is 4.45. The van der Waals surface area contributed by atoms with E-state index in [1.807, 2.05) is 30.3 Å². The second-order valence-corrected chi connectivity index (χ2v) is 2.89. The van der Waals surface area contributed by atoms with Crippen LogP contribution in [-0.4, -0.2) is 18.7 Å². The molecule has 0 saturated carbocycles. The number of carbonyl (C=O) groups excluding carboxylic acids is 1. The predicted molar refractivity (Wildman–Crippen MR) is 51.1 cm³/mol. The Balaban J connectivity index is 1.86. The summed E-state index contributed by atoms with van der Waals surface area (Å²) in [5.41, 5.74) is 1.01. The van der Waals surface area contributed by atoms with Crippen LogP contribution in [-0.2, 0) is 20.9 Å². The minimum absolute atomic E-state index is 0.0195. The highest BCUT2D eigenvalue weighted by atomic mass is 16.8. The van der Waals surface area contributed by atoms with E-state index in [2.05, 4.69) is 14.7 Å². The molecule has 0 fully saturated rings. The van der Waals surface area contributed by atoms with E-state index in [-0.39, 0.29) is 12.5 Å². The molecule has 0 spiro atoms. The number of benzene rings is 1. The normalized spacial score (nSPS) is 14.9. The number of hydrogen-bond donors (Lipinski definition) is 0. The number of nitrogens with zero attached hydrogens (tertiary/aromatic N) is 1. The summed E-state index contributed by atoms with van der Waals surface area (Å²) in [6.07, 6.45) is -0.804. The zero-order valence-electron chi connectivity index (χ0n) is 7.88. The molecule has 1 aromatic carbocycles. The molecule has 1 aliphatic heterocycles. The molecule has 0 N–H and O–H groups in total. The van der Waals surface area contributed by atoms with Gasteiger partial charge in [0, 0.05) is 0 Å². The third-order valence-corrected chi connectivity index (χ3v) is 1.78. The number of oxime groups is 1. The molecule has 1 aliphatic rings. The van der Waals surface area contributed by atoms with Gasteiger partial charge in [-0.05, 0) is 10.7 Å². The first-order chi connectivity index (χ1) is 7.34. The van der Waals surface area contributed by atoms with Crippen molar-refractivity contribution in [1.29, 1.82) is 0 Å². The van der Waals surface area contributed by atoms with Crippen LogP contribution in [0, 0.1) is 0 Å². The van der Waals surface area contributed by atoms with E-state index >= 15 is 0 Å². The standard InChI is InChI=1S/C10H9NO4/c12-10-14-7-9(11-15-10)13-6-8-4-2-1-3-5-8/h1-5H,6-7H2. The van der Waals surface area contributed by atoms with Crippen LogP contribution >= 0.6 is 0 Å². The molecule has 1 heterocycles. The average Bonchev–Trinajstić information content (AvgIpc) is 2.30. The number of rotatable bonds is 2. The lowest BCUT2D eigenvalue weighted by molar-refractivity contribution is 0.0417. The van der Waals surface area contributed by atoms with Crippen LogP contribution in [0.15, 0.2) is 35.5 Å². The first kappa shape index (κ1) is 9.51. The summed E-state index contributed by atoms with van der Waals surface area (Å²) in [6, 6.07) is 9.61. The molecule has 0 radical (unpaired) electrons. The van der Waals surface area contributed by atoms with Gasteiger partial charge in [0.15, 0.2) is 6.61 Å². The van der Waals surface area contributed by atoms with Gasteiger partial charge in [-0.1, -0.05) is 30.3 Å². The summed E-state index contributed by atoms with van der Waals surface area (Å²) in [5, 5.41) is 3.45. The van der Waals surface area contributed by atoms with Gasteiger partial charge >= 0.3 is 6.16 Å². The first-order valence-corrected chi connectivity index (χ1v) is 4.42. The molecule has 5 heteroatoms. The topological polar surface area (TPSA) is 57.1 Å². The maximum atomic E-state index is 10.5. The minimum atomic E-state index is -0.804. The summed E-state index contributed by atoms with van der Waals surface area (Å²) in [7, 11) is 0. The summed E-state index contributed by atoms with van der Waals surface area (Å²) in [5.74, 6) is 0.262. The Labute approximate surface area is 86.2 Å². The van der Waals surface area contributed by atoms with Gasteiger partial charge in [-0.3, -0.25) is 4.84 Å². The van der Waals surface area contributed by atoms with E-state index < -0.39 is 6.16 Å². The highest BCUT2D eigenvalue weighted by molar-refractivity contribution is 5.81. The summed E-state index contributed by atoms with van der Waals surface area (Å²) in [4.78, 5) is 14.8. The fourth-order valence-corrected chi connectivity index (χ4v) is 1.07.